The number of aryl methyl sites for hydroxylation is 1. The number of carbonyl (C=O) groups excluding carboxylic acids is 1. The molecule has 0 saturated carbocycles. The van der Waals surface area contributed by atoms with Crippen LogP contribution in [0.15, 0.2) is 24.3 Å². The molecule has 0 saturated heterocycles. The summed E-state index contributed by atoms with van der Waals surface area (Å²) in [6.07, 6.45) is 0.525. The van der Waals surface area contributed by atoms with E-state index in [1.54, 1.807) is 11.6 Å². The van der Waals surface area contributed by atoms with Crippen LogP contribution in [0.25, 0.3) is 5.69 Å². The zero-order valence-electron chi connectivity index (χ0n) is 11.6. The summed E-state index contributed by atoms with van der Waals surface area (Å²) in [5, 5.41) is 19.3. The Morgan fingerprint density at radius 1 is 1.30 bits per heavy atom. The van der Waals surface area contributed by atoms with Gasteiger partial charge in [-0.15, -0.1) is 5.10 Å². The Hall–Kier alpha value is -2.21. The summed E-state index contributed by atoms with van der Waals surface area (Å²) in [5.41, 5.74) is 3.03. The fourth-order valence-corrected chi connectivity index (χ4v) is 1.83. The maximum absolute atomic E-state index is 11.9. The molecule has 2 aromatic rings. The minimum atomic E-state index is -0.269. The zero-order valence-corrected chi connectivity index (χ0v) is 11.6. The third-order valence-electron chi connectivity index (χ3n) is 3.01. The number of carbonyl (C=O) groups is 1. The molecule has 1 amide bonds. The van der Waals surface area contributed by atoms with Crippen LogP contribution in [0, 0.1) is 13.8 Å². The highest BCUT2D eigenvalue weighted by molar-refractivity contribution is 5.93. The SMILES string of the molecule is Cc1ccc(-n2nnc(C(=O)NCCCO)c2C)cc1. The highest BCUT2D eigenvalue weighted by atomic mass is 16.3. The van der Waals surface area contributed by atoms with Gasteiger partial charge in [-0.1, -0.05) is 22.9 Å². The van der Waals surface area contributed by atoms with Gasteiger partial charge in [0, 0.05) is 13.2 Å². The van der Waals surface area contributed by atoms with E-state index in [2.05, 4.69) is 15.6 Å². The Labute approximate surface area is 117 Å². The Morgan fingerprint density at radius 2 is 2.00 bits per heavy atom. The first kappa shape index (κ1) is 14.2. The van der Waals surface area contributed by atoms with Gasteiger partial charge in [0.05, 0.1) is 11.4 Å². The molecule has 0 fully saturated rings. The Balaban J connectivity index is 2.18. The fraction of sp³-hybridized carbons (Fsp3) is 0.357. The molecule has 2 rings (SSSR count). The molecule has 0 bridgehead atoms. The number of aliphatic hydroxyl groups excluding tert-OH is 1. The number of rotatable bonds is 5. The van der Waals surface area contributed by atoms with E-state index < -0.39 is 0 Å². The standard InChI is InChI=1S/C14H18N4O2/c1-10-4-6-12(7-5-10)18-11(2)13(16-17-18)14(20)15-8-3-9-19/h4-7,19H,3,8-9H2,1-2H3,(H,15,20). The second-order valence-corrected chi connectivity index (χ2v) is 4.60. The molecular weight excluding hydrogens is 256 g/mol. The van der Waals surface area contributed by atoms with Gasteiger partial charge < -0.3 is 10.4 Å². The molecular formula is C14H18N4O2. The molecule has 2 N–H and O–H groups in total. The zero-order chi connectivity index (χ0) is 14.5. The maximum Gasteiger partial charge on any atom is 0.273 e. The van der Waals surface area contributed by atoms with Crippen molar-refractivity contribution in [3.8, 4) is 5.69 Å². The first-order chi connectivity index (χ1) is 9.63. The predicted octanol–water partition coefficient (Wildman–Crippen LogP) is 0.996. The number of aliphatic hydroxyl groups is 1. The second kappa shape index (κ2) is 6.29. The number of benzene rings is 1. The van der Waals surface area contributed by atoms with Gasteiger partial charge in [0.2, 0.25) is 0 Å². The van der Waals surface area contributed by atoms with E-state index >= 15 is 0 Å². The van der Waals surface area contributed by atoms with E-state index in [4.69, 9.17) is 5.11 Å². The molecule has 20 heavy (non-hydrogen) atoms. The van der Waals surface area contributed by atoms with E-state index in [0.29, 0.717) is 24.4 Å². The number of amides is 1. The van der Waals surface area contributed by atoms with Crippen molar-refractivity contribution in [2.75, 3.05) is 13.2 Å². The fourth-order valence-electron chi connectivity index (χ4n) is 1.83. The van der Waals surface area contributed by atoms with Crippen molar-refractivity contribution in [3.63, 3.8) is 0 Å². The summed E-state index contributed by atoms with van der Waals surface area (Å²) in [4.78, 5) is 11.9. The lowest BCUT2D eigenvalue weighted by Crippen LogP contribution is -2.26. The number of hydrogen-bond acceptors (Lipinski definition) is 4. The van der Waals surface area contributed by atoms with Crippen LogP contribution < -0.4 is 5.32 Å². The number of nitrogens with zero attached hydrogens (tertiary/aromatic N) is 3. The largest absolute Gasteiger partial charge is 0.396 e. The molecule has 0 spiro atoms. The van der Waals surface area contributed by atoms with E-state index in [0.717, 1.165) is 11.3 Å². The van der Waals surface area contributed by atoms with Crippen molar-refractivity contribution in [2.45, 2.75) is 20.3 Å². The van der Waals surface area contributed by atoms with Gasteiger partial charge in [-0.3, -0.25) is 4.79 Å². The topological polar surface area (TPSA) is 80.0 Å². The van der Waals surface area contributed by atoms with Gasteiger partial charge in [-0.05, 0) is 32.4 Å². The summed E-state index contributed by atoms with van der Waals surface area (Å²) >= 11 is 0. The first-order valence-electron chi connectivity index (χ1n) is 6.52. The monoisotopic (exact) mass is 274 g/mol. The summed E-state index contributed by atoms with van der Waals surface area (Å²) in [6, 6.07) is 7.84. The van der Waals surface area contributed by atoms with E-state index in [-0.39, 0.29) is 12.5 Å². The molecule has 0 aliphatic carbocycles. The van der Waals surface area contributed by atoms with Gasteiger partial charge in [-0.25, -0.2) is 4.68 Å². The molecule has 106 valence electrons. The van der Waals surface area contributed by atoms with Crippen molar-refractivity contribution >= 4 is 5.91 Å². The lowest BCUT2D eigenvalue weighted by Gasteiger charge is -2.04. The Morgan fingerprint density at radius 3 is 2.65 bits per heavy atom. The summed E-state index contributed by atoms with van der Waals surface area (Å²) in [6.45, 7) is 4.29. The van der Waals surface area contributed by atoms with E-state index in [1.165, 1.54) is 0 Å². The van der Waals surface area contributed by atoms with Crippen molar-refractivity contribution in [2.24, 2.45) is 0 Å². The molecule has 1 heterocycles. The molecule has 0 aliphatic rings. The van der Waals surface area contributed by atoms with Gasteiger partial charge in [0.15, 0.2) is 5.69 Å². The van der Waals surface area contributed by atoms with Crippen LogP contribution >= 0.6 is 0 Å². The van der Waals surface area contributed by atoms with Crippen LogP contribution in [0.2, 0.25) is 0 Å². The van der Waals surface area contributed by atoms with Crippen LogP contribution in [0.5, 0.6) is 0 Å². The average Bonchev–Trinajstić information content (AvgIpc) is 2.82. The normalized spacial score (nSPS) is 10.6. The molecule has 1 aromatic carbocycles. The van der Waals surface area contributed by atoms with E-state index in [1.807, 2.05) is 31.2 Å². The predicted molar refractivity (Wildman–Crippen MR) is 74.9 cm³/mol. The van der Waals surface area contributed by atoms with Crippen molar-refractivity contribution < 1.29 is 9.90 Å². The summed E-state index contributed by atoms with van der Waals surface area (Å²) < 4.78 is 1.64. The van der Waals surface area contributed by atoms with Crippen LogP contribution in [0.3, 0.4) is 0 Å². The van der Waals surface area contributed by atoms with Gasteiger partial charge in [-0.2, -0.15) is 0 Å². The lowest BCUT2D eigenvalue weighted by molar-refractivity contribution is 0.0945. The molecule has 1 aromatic heterocycles. The molecule has 0 atom stereocenters. The van der Waals surface area contributed by atoms with Gasteiger partial charge in [0.1, 0.15) is 0 Å². The van der Waals surface area contributed by atoms with Crippen LogP contribution in [-0.2, 0) is 0 Å². The summed E-state index contributed by atoms with van der Waals surface area (Å²) in [5.74, 6) is -0.269. The Bertz CT molecular complexity index is 590. The third-order valence-corrected chi connectivity index (χ3v) is 3.01. The third kappa shape index (κ3) is 3.03. The number of aromatic nitrogens is 3. The molecule has 6 heteroatoms. The second-order valence-electron chi connectivity index (χ2n) is 4.60. The number of hydrogen-bond donors (Lipinski definition) is 2. The van der Waals surface area contributed by atoms with Crippen molar-refractivity contribution in [3.05, 3.63) is 41.2 Å². The van der Waals surface area contributed by atoms with Crippen molar-refractivity contribution in [1.82, 2.24) is 20.3 Å². The smallest absolute Gasteiger partial charge is 0.273 e. The van der Waals surface area contributed by atoms with Crippen molar-refractivity contribution in [1.29, 1.82) is 0 Å². The average molecular weight is 274 g/mol. The van der Waals surface area contributed by atoms with E-state index in [9.17, 15) is 4.79 Å². The number of nitrogens with one attached hydrogen (secondary N) is 1. The van der Waals surface area contributed by atoms with Crippen LogP contribution in [-0.4, -0.2) is 39.2 Å². The van der Waals surface area contributed by atoms with Gasteiger partial charge >= 0.3 is 0 Å². The molecule has 0 unspecified atom stereocenters. The maximum atomic E-state index is 11.9. The Kier molecular flexibility index (Phi) is 4.47. The van der Waals surface area contributed by atoms with Crippen LogP contribution in [0.1, 0.15) is 28.2 Å². The minimum Gasteiger partial charge on any atom is -0.396 e. The molecule has 0 radical (unpaired) electrons. The first-order valence-corrected chi connectivity index (χ1v) is 6.52. The quantitative estimate of drug-likeness (QED) is 0.797. The highest BCUT2D eigenvalue weighted by Crippen LogP contribution is 2.12. The summed E-state index contributed by atoms with van der Waals surface area (Å²) in [7, 11) is 0. The van der Waals surface area contributed by atoms with Gasteiger partial charge in [0.25, 0.3) is 5.91 Å². The minimum absolute atomic E-state index is 0.0509. The highest BCUT2D eigenvalue weighted by Gasteiger charge is 2.16. The molecule has 6 nitrogen and oxygen atoms in total. The van der Waals surface area contributed by atoms with Crippen LogP contribution in [0.4, 0.5) is 0 Å². The molecule has 0 aliphatic heterocycles. The lowest BCUT2D eigenvalue weighted by atomic mass is 10.2.